The second kappa shape index (κ2) is 21.3. The Morgan fingerprint density at radius 1 is 0.255 bits per heavy atom. The van der Waals surface area contributed by atoms with E-state index < -0.39 is 0 Å². The SMILES string of the molecule is CC1(C)c2ccccc2-c2c1ccc1c3cc(-c4ccc5sc6cccc(-n7c8ccccc8c8ccc(-c9ccc%10c(c9)oc9cc%11c(cc9%10)c9cc(-c%10ccc%12oc%13cccc(-n%14c%15ccccc%15c%15ccccc%15%14)c%13c%12c%10)ccc9n%11-c9ccccc9)cc87)c6c5c4)ccc3n(-c3ccccc3)c21. The molecule has 7 heteroatoms. The fourth-order valence-corrected chi connectivity index (χ4v) is 19.9. The Balaban J connectivity index is 0.627. The highest BCUT2D eigenvalue weighted by atomic mass is 32.1. The number of hydrogen-bond acceptors (Lipinski definition) is 3. The number of para-hydroxylation sites is 5. The van der Waals surface area contributed by atoms with E-state index in [0.29, 0.717) is 0 Å². The molecule has 1 aliphatic rings. The Morgan fingerprint density at radius 3 is 1.47 bits per heavy atom. The molecule has 0 saturated carbocycles. The third-order valence-electron chi connectivity index (χ3n) is 23.5. The number of thiophene rings is 1. The molecule has 0 unspecified atom stereocenters. The normalized spacial score (nSPS) is 13.1. The molecule has 0 aliphatic heterocycles. The van der Waals surface area contributed by atoms with Gasteiger partial charge in [-0.1, -0.05) is 196 Å². The van der Waals surface area contributed by atoms with Crippen LogP contribution in [0.2, 0.25) is 0 Å². The first-order chi connectivity index (χ1) is 52.3. The first-order valence-corrected chi connectivity index (χ1v) is 37.3. The van der Waals surface area contributed by atoms with E-state index in [0.717, 1.165) is 105 Å². The average Bonchev–Trinajstić information content (AvgIpc) is 1.55. The summed E-state index contributed by atoms with van der Waals surface area (Å²) in [5.41, 5.74) is 29.5. The minimum absolute atomic E-state index is 0.117. The van der Waals surface area contributed by atoms with E-state index in [-0.39, 0.29) is 5.41 Å². The van der Waals surface area contributed by atoms with Gasteiger partial charge >= 0.3 is 0 Å². The van der Waals surface area contributed by atoms with Crippen molar-refractivity contribution in [3.8, 4) is 67.3 Å². The quantitative estimate of drug-likeness (QED) is 0.160. The van der Waals surface area contributed by atoms with E-state index in [2.05, 4.69) is 360 Å². The molecule has 494 valence electrons. The monoisotopic (exact) mass is 1370 g/mol. The number of nitrogens with zero attached hydrogens (tertiary/aromatic N) is 4. The Bertz CT molecular complexity index is 7740. The molecule has 0 N–H and O–H groups in total. The van der Waals surface area contributed by atoms with Crippen molar-refractivity contribution in [3.05, 3.63) is 339 Å². The van der Waals surface area contributed by atoms with Gasteiger partial charge in [-0.3, -0.25) is 0 Å². The van der Waals surface area contributed by atoms with Crippen LogP contribution in [0.15, 0.2) is 336 Å². The first kappa shape index (κ1) is 58.1. The summed E-state index contributed by atoms with van der Waals surface area (Å²) in [7, 11) is 0. The zero-order valence-electron chi connectivity index (χ0n) is 57.7. The van der Waals surface area contributed by atoms with Crippen molar-refractivity contribution in [2.75, 3.05) is 0 Å². The van der Waals surface area contributed by atoms with Gasteiger partial charge in [-0.2, -0.15) is 0 Å². The smallest absolute Gasteiger partial charge is 0.137 e. The number of furan rings is 2. The third-order valence-corrected chi connectivity index (χ3v) is 24.7. The minimum Gasteiger partial charge on any atom is -0.456 e. The van der Waals surface area contributed by atoms with Gasteiger partial charge in [-0.05, 0) is 190 Å². The number of aromatic nitrogens is 4. The molecule has 1 aliphatic carbocycles. The lowest BCUT2D eigenvalue weighted by atomic mass is 9.82. The van der Waals surface area contributed by atoms with Crippen molar-refractivity contribution in [3.63, 3.8) is 0 Å². The fourth-order valence-electron chi connectivity index (χ4n) is 18.8. The molecular formula is C99H60N4O2S. The molecule has 0 bridgehead atoms. The van der Waals surface area contributed by atoms with E-state index in [1.54, 1.807) is 0 Å². The van der Waals surface area contributed by atoms with Gasteiger partial charge in [-0.15, -0.1) is 11.3 Å². The highest BCUT2D eigenvalue weighted by molar-refractivity contribution is 7.26. The van der Waals surface area contributed by atoms with Crippen LogP contribution in [0.25, 0.3) is 219 Å². The van der Waals surface area contributed by atoms with Crippen molar-refractivity contribution in [2.24, 2.45) is 0 Å². The highest BCUT2D eigenvalue weighted by Gasteiger charge is 2.38. The first-order valence-electron chi connectivity index (χ1n) is 36.5. The van der Waals surface area contributed by atoms with E-state index in [1.807, 2.05) is 11.3 Å². The Hall–Kier alpha value is -13.5. The Morgan fingerprint density at radius 2 is 0.745 bits per heavy atom. The summed E-state index contributed by atoms with van der Waals surface area (Å²) in [5.74, 6) is 0. The molecule has 0 atom stereocenters. The molecule has 0 saturated heterocycles. The van der Waals surface area contributed by atoms with Crippen molar-refractivity contribution < 1.29 is 8.83 Å². The predicted octanol–water partition coefficient (Wildman–Crippen LogP) is 27.5. The summed E-state index contributed by atoms with van der Waals surface area (Å²) in [4.78, 5) is 0. The molecule has 24 rings (SSSR count). The molecular weight excluding hydrogens is 1310 g/mol. The van der Waals surface area contributed by atoms with Crippen molar-refractivity contribution >= 4 is 163 Å². The van der Waals surface area contributed by atoms with Crippen LogP contribution in [-0.2, 0) is 5.41 Å². The standard InChI is InChI=1S/C99H60N4O2S/c1-99(2)78-27-13-9-26-71(78)95-79(99)44-43-70-72-49-57(38-46-84(72)101(98(70)95)64-21-7-4-8-22-64)60-40-48-93-77(52-60)97-86(32-18-34-94(97)106-93)103-82-30-16-12-25-67(82)68-41-35-61(53-87(68)103)62-36-42-69-75-55-74-73-50-58(37-45-83(73)100(63-19-5-3-6-20-63)88(74)56-92(75)105-91(69)54-62)59-39-47-89-76(51-59)96-85(31-17-33-90(96)104-89)102-80-28-14-10-23-65(80)66-24-11-15-29-81(66)102/h3-56H,1-2H3. The zero-order valence-corrected chi connectivity index (χ0v) is 58.5. The van der Waals surface area contributed by atoms with Crippen LogP contribution in [-0.4, -0.2) is 18.3 Å². The lowest BCUT2D eigenvalue weighted by molar-refractivity contribution is 0.661. The van der Waals surface area contributed by atoms with E-state index in [4.69, 9.17) is 8.83 Å². The summed E-state index contributed by atoms with van der Waals surface area (Å²) >= 11 is 1.87. The summed E-state index contributed by atoms with van der Waals surface area (Å²) < 4.78 is 26.1. The van der Waals surface area contributed by atoms with Crippen LogP contribution in [0, 0.1) is 0 Å². The molecule has 7 heterocycles. The lowest BCUT2D eigenvalue weighted by Crippen LogP contribution is -2.14. The Labute approximate surface area is 610 Å². The molecule has 0 fully saturated rings. The molecule has 6 nitrogen and oxygen atoms in total. The highest BCUT2D eigenvalue weighted by Crippen LogP contribution is 2.54. The molecule has 7 aromatic heterocycles. The fraction of sp³-hybridized carbons (Fsp3) is 0.0303. The molecule has 16 aromatic carbocycles. The van der Waals surface area contributed by atoms with Crippen LogP contribution in [0.3, 0.4) is 0 Å². The van der Waals surface area contributed by atoms with Crippen LogP contribution in [0.5, 0.6) is 0 Å². The second-order valence-corrected chi connectivity index (χ2v) is 30.5. The zero-order chi connectivity index (χ0) is 69.4. The van der Waals surface area contributed by atoms with Crippen molar-refractivity contribution in [2.45, 2.75) is 19.3 Å². The van der Waals surface area contributed by atoms with Gasteiger partial charge < -0.3 is 27.1 Å². The number of rotatable bonds is 7. The van der Waals surface area contributed by atoms with E-state index >= 15 is 0 Å². The predicted molar refractivity (Wildman–Crippen MR) is 445 cm³/mol. The van der Waals surface area contributed by atoms with Gasteiger partial charge in [0, 0.05) is 108 Å². The summed E-state index contributed by atoms with van der Waals surface area (Å²) in [5, 5.41) is 16.6. The van der Waals surface area contributed by atoms with Crippen LogP contribution in [0.4, 0.5) is 0 Å². The minimum atomic E-state index is -0.117. The number of fused-ring (bicyclic) bond motifs is 25. The van der Waals surface area contributed by atoms with Gasteiger partial charge in [0.2, 0.25) is 0 Å². The summed E-state index contributed by atoms with van der Waals surface area (Å²) in [6.07, 6.45) is 0. The largest absolute Gasteiger partial charge is 0.456 e. The summed E-state index contributed by atoms with van der Waals surface area (Å²) in [6.45, 7) is 4.75. The third kappa shape index (κ3) is 7.98. The van der Waals surface area contributed by atoms with Gasteiger partial charge in [0.15, 0.2) is 0 Å². The number of benzene rings is 16. The maximum absolute atomic E-state index is 7.07. The maximum Gasteiger partial charge on any atom is 0.137 e. The molecule has 0 amide bonds. The van der Waals surface area contributed by atoms with E-state index in [1.165, 1.54) is 125 Å². The van der Waals surface area contributed by atoms with Gasteiger partial charge in [0.1, 0.15) is 22.3 Å². The summed E-state index contributed by atoms with van der Waals surface area (Å²) in [6, 6.07) is 121. The molecule has 0 spiro atoms. The second-order valence-electron chi connectivity index (χ2n) is 29.4. The van der Waals surface area contributed by atoms with Gasteiger partial charge in [0.05, 0.1) is 60.9 Å². The molecule has 106 heavy (non-hydrogen) atoms. The van der Waals surface area contributed by atoms with Crippen LogP contribution >= 0.6 is 11.3 Å². The maximum atomic E-state index is 7.07. The topological polar surface area (TPSA) is 46.0 Å². The molecule has 23 aromatic rings. The molecule has 0 radical (unpaired) electrons. The number of hydrogen-bond donors (Lipinski definition) is 0. The van der Waals surface area contributed by atoms with Crippen molar-refractivity contribution in [1.82, 2.24) is 18.3 Å². The Kier molecular flexibility index (Phi) is 11.7. The van der Waals surface area contributed by atoms with Gasteiger partial charge in [0.25, 0.3) is 0 Å². The van der Waals surface area contributed by atoms with Crippen molar-refractivity contribution in [1.29, 1.82) is 0 Å². The van der Waals surface area contributed by atoms with Crippen LogP contribution in [0.1, 0.15) is 25.0 Å². The lowest BCUT2D eigenvalue weighted by Gasteiger charge is -2.21. The van der Waals surface area contributed by atoms with Crippen LogP contribution < -0.4 is 0 Å². The van der Waals surface area contributed by atoms with Gasteiger partial charge in [-0.25, -0.2) is 0 Å². The van der Waals surface area contributed by atoms with E-state index in [9.17, 15) is 0 Å². The average molecular weight is 1370 g/mol.